The first-order valence-electron chi connectivity index (χ1n) is 26.8. The van der Waals surface area contributed by atoms with Gasteiger partial charge in [-0.25, -0.2) is 0 Å². The fourth-order valence-electron chi connectivity index (χ4n) is 7.52. The maximum atomic E-state index is 13.3. The molecule has 1 rings (SSSR count). The molecule has 14 nitrogen and oxygen atoms in total. The molecule has 0 aromatic carbocycles. The summed E-state index contributed by atoms with van der Waals surface area (Å²) in [4.78, 5) is 80.9. The quantitative estimate of drug-likeness (QED) is 0.0283. The van der Waals surface area contributed by atoms with Gasteiger partial charge in [-0.2, -0.15) is 0 Å². The minimum Gasteiger partial charge on any atom is -0.0654 e. The molecule has 1 aromatic heterocycles. The molecule has 69 heavy (non-hydrogen) atoms. The van der Waals surface area contributed by atoms with Crippen molar-refractivity contribution < 1.29 is 52.5 Å². The Balaban J connectivity index is 0.0000462. The van der Waals surface area contributed by atoms with Crippen LogP contribution in [0.4, 0.5) is 4.79 Å². The summed E-state index contributed by atoms with van der Waals surface area (Å²) in [5.74, 6) is -0.834. The molecule has 0 saturated carbocycles. The van der Waals surface area contributed by atoms with Gasteiger partial charge in [0, 0.05) is 0 Å². The fraction of sp³-hybridized carbons (Fsp3) is 0.815. The molecule has 15 heteroatoms. The van der Waals surface area contributed by atoms with E-state index in [1.807, 2.05) is 12.9 Å². The van der Waals surface area contributed by atoms with E-state index in [0.717, 1.165) is 128 Å². The molecule has 0 radical (unpaired) electrons. The van der Waals surface area contributed by atoms with E-state index in [1.165, 1.54) is 49.0 Å². The zero-order chi connectivity index (χ0) is 49.7. The Kier molecular flexibility index (Phi) is 43.6. The first-order chi connectivity index (χ1) is 33.1. The van der Waals surface area contributed by atoms with Crippen LogP contribution in [-0.4, -0.2) is 97.4 Å². The molecular formula is C54H96BN3O11. The van der Waals surface area contributed by atoms with Crippen molar-refractivity contribution in [2.75, 3.05) is 33.0 Å². The summed E-state index contributed by atoms with van der Waals surface area (Å²) >= 11 is 0. The van der Waals surface area contributed by atoms with Gasteiger partial charge in [-0.3, -0.25) is 0 Å². The number of unbranched alkanes of at least 4 members (excludes halogenated alkanes) is 20. The second-order valence-electron chi connectivity index (χ2n) is 18.5. The number of imidazole rings is 1. The number of hydrogen-bond donors (Lipinski definition) is 1. The number of rotatable bonds is 45. The molecule has 0 aliphatic heterocycles. The topological polar surface area (TPSA) is 178 Å². The predicted octanol–water partition coefficient (Wildman–Crippen LogP) is 12.1. The number of nitrogens with zero attached hydrogens (tertiary/aromatic N) is 2. The average Bonchev–Trinajstić information content (AvgIpc) is 3.88. The van der Waals surface area contributed by atoms with E-state index in [4.69, 9.17) is 23.7 Å². The second kappa shape index (κ2) is 46.4. The summed E-state index contributed by atoms with van der Waals surface area (Å²) in [7, 11) is 0. The number of aromatic nitrogens is 2. The van der Waals surface area contributed by atoms with Crippen molar-refractivity contribution in [2.45, 2.75) is 240 Å². The van der Waals surface area contributed by atoms with Gasteiger partial charge in [0.2, 0.25) is 0 Å². The number of esters is 5. The molecule has 1 aromatic rings. The third-order valence-electron chi connectivity index (χ3n) is 11.9. The van der Waals surface area contributed by atoms with Crippen molar-refractivity contribution >= 4 is 48.8 Å². The van der Waals surface area contributed by atoms with Crippen LogP contribution in [-0.2, 0) is 47.7 Å². The smallest absolute Gasteiger partial charge is 0.0654 e. The number of nitrogens with one attached hydrogen (secondary N) is 1. The minimum absolute atomic E-state index is 0. The van der Waals surface area contributed by atoms with Gasteiger partial charge in [0.15, 0.2) is 0 Å². The SMILES string of the molecule is C.CCCCCCCCC(=O)OCC(CC=BCC(COC(=O)CC(COC(=O)CCCCCCCC)COC(=O)CCCCCCCC)NC(=O)n1ccnc1)COC(=O)CCCCCCCC. The van der Waals surface area contributed by atoms with E-state index in [9.17, 15) is 28.8 Å². The van der Waals surface area contributed by atoms with Crippen molar-refractivity contribution in [3.63, 3.8) is 0 Å². The van der Waals surface area contributed by atoms with Gasteiger partial charge >= 0.3 is 308 Å². The molecule has 396 valence electrons. The summed E-state index contributed by atoms with van der Waals surface area (Å²) in [5.41, 5.74) is 0. The Bertz CT molecular complexity index is 1410. The maximum absolute atomic E-state index is 13.3. The summed E-state index contributed by atoms with van der Waals surface area (Å²) < 4.78 is 29.4. The van der Waals surface area contributed by atoms with E-state index in [1.54, 1.807) is 0 Å². The van der Waals surface area contributed by atoms with Crippen molar-refractivity contribution in [3.8, 4) is 0 Å². The van der Waals surface area contributed by atoms with Gasteiger partial charge in [-0.15, -0.1) is 0 Å². The van der Waals surface area contributed by atoms with E-state index in [-0.39, 0.29) is 95.8 Å². The van der Waals surface area contributed by atoms with Crippen LogP contribution < -0.4 is 5.32 Å². The Morgan fingerprint density at radius 1 is 0.507 bits per heavy atom. The molecule has 0 saturated heterocycles. The summed E-state index contributed by atoms with van der Waals surface area (Å²) in [5, 5.41) is 2.90. The first kappa shape index (κ1) is 65.0. The summed E-state index contributed by atoms with van der Waals surface area (Å²) in [6.45, 7) is 10.4. The third kappa shape index (κ3) is 39.4. The second-order valence-corrected chi connectivity index (χ2v) is 18.5. The molecular weight excluding hydrogens is 877 g/mol. The number of amides is 1. The zero-order valence-electron chi connectivity index (χ0n) is 43.0. The zero-order valence-corrected chi connectivity index (χ0v) is 43.0. The normalized spacial score (nSPS) is 11.5. The van der Waals surface area contributed by atoms with Crippen molar-refractivity contribution in [2.24, 2.45) is 11.8 Å². The molecule has 1 amide bonds. The molecule has 0 fully saturated rings. The number of carbonyl (C=O) groups excluding carboxylic acids is 6. The van der Waals surface area contributed by atoms with Crippen molar-refractivity contribution in [1.82, 2.24) is 14.9 Å². The van der Waals surface area contributed by atoms with Crippen LogP contribution in [0.15, 0.2) is 18.7 Å². The summed E-state index contributed by atoms with van der Waals surface area (Å²) in [6, 6.07) is -1.10. The van der Waals surface area contributed by atoms with Crippen LogP contribution in [0.5, 0.6) is 0 Å². The van der Waals surface area contributed by atoms with Crippen LogP contribution in [0.25, 0.3) is 0 Å². The average molecular weight is 974 g/mol. The molecule has 1 N–H and O–H groups in total. The van der Waals surface area contributed by atoms with Crippen molar-refractivity contribution in [3.05, 3.63) is 18.7 Å². The van der Waals surface area contributed by atoms with Crippen LogP contribution in [0.2, 0.25) is 6.32 Å². The third-order valence-corrected chi connectivity index (χ3v) is 11.9. The van der Waals surface area contributed by atoms with E-state index in [2.05, 4.69) is 38.0 Å². The molecule has 0 spiro atoms. The Labute approximate surface area is 418 Å². The standard InChI is InChI=1S/C53H92BN3O11.CH4/c1-5-9-13-17-21-25-29-48(58)64-39-45(40-65-49(59)30-26-22-18-14-10-6-2)33-34-54-38-47(56-53(63)57-36-35-55-44-57)43-68-52(62)37-46(41-66-50(60)31-27-23-19-15-11-7-3)42-67-51(61)32-28-24-20-16-12-8-4;/h34-36,44-47H,5-33,37-43H2,1-4H3,(H,56,63);1H4. The van der Waals surface area contributed by atoms with Crippen LogP contribution in [0, 0.1) is 11.8 Å². The Morgan fingerprint density at radius 3 is 1.25 bits per heavy atom. The fourth-order valence-corrected chi connectivity index (χ4v) is 7.52. The van der Waals surface area contributed by atoms with Gasteiger partial charge in [0.1, 0.15) is 0 Å². The van der Waals surface area contributed by atoms with Crippen LogP contribution in [0.1, 0.15) is 228 Å². The number of ether oxygens (including phenoxy) is 5. The Hall–Kier alpha value is -4.04. The van der Waals surface area contributed by atoms with Gasteiger partial charge in [-0.1, -0.05) is 112 Å². The van der Waals surface area contributed by atoms with Gasteiger partial charge in [0.05, 0.1) is 0 Å². The first-order valence-corrected chi connectivity index (χ1v) is 26.8. The van der Waals surface area contributed by atoms with E-state index in [0.29, 0.717) is 19.3 Å². The Morgan fingerprint density at radius 2 is 0.870 bits per heavy atom. The molecule has 0 bridgehead atoms. The molecule has 0 aliphatic rings. The van der Waals surface area contributed by atoms with Crippen molar-refractivity contribution in [1.29, 1.82) is 0 Å². The van der Waals surface area contributed by atoms with Crippen LogP contribution in [0.3, 0.4) is 0 Å². The summed E-state index contributed by atoms with van der Waals surface area (Å²) in [6.07, 6.45) is 31.3. The van der Waals surface area contributed by atoms with Crippen LogP contribution >= 0.6 is 0 Å². The van der Waals surface area contributed by atoms with Gasteiger partial charge in [-0.05, 0) is 0 Å². The number of hydrogen-bond acceptors (Lipinski definition) is 12. The molecule has 0 aliphatic carbocycles. The minimum atomic E-state index is -0.641. The molecule has 1 unspecified atom stereocenters. The monoisotopic (exact) mass is 974 g/mol. The molecule has 1 atom stereocenters. The van der Waals surface area contributed by atoms with Gasteiger partial charge < -0.3 is 0 Å². The predicted molar refractivity (Wildman–Crippen MR) is 276 cm³/mol. The van der Waals surface area contributed by atoms with Gasteiger partial charge in [0.25, 0.3) is 0 Å². The van der Waals surface area contributed by atoms with E-state index < -0.39 is 24.0 Å². The van der Waals surface area contributed by atoms with E-state index >= 15 is 0 Å². The number of carbonyl (C=O) groups is 6. The molecule has 1 heterocycles.